The van der Waals surface area contributed by atoms with Gasteiger partial charge in [-0.1, -0.05) is 18.2 Å². The van der Waals surface area contributed by atoms with Crippen molar-refractivity contribution in [1.82, 2.24) is 9.80 Å². The Balaban J connectivity index is 1.49. The van der Waals surface area contributed by atoms with Crippen LogP contribution in [0.4, 0.5) is 14.9 Å². The standard InChI is InChI=1S/C23H26FN3O2/c24-20-10-8-18(9-11-20)17-26-14-5-15-27(23(26)29)21-7-4-6-19(16-21)22(28)25-12-2-1-3-13-25/h4,6-11,16H,1-3,5,12-15,17H2. The Kier molecular flexibility index (Phi) is 5.79. The summed E-state index contributed by atoms with van der Waals surface area (Å²) in [6.07, 6.45) is 4.12. The molecule has 2 aliphatic rings. The molecule has 5 nitrogen and oxygen atoms in total. The lowest BCUT2D eigenvalue weighted by atomic mass is 10.1. The molecule has 2 fully saturated rings. The van der Waals surface area contributed by atoms with Crippen molar-refractivity contribution in [3.63, 3.8) is 0 Å². The molecule has 0 unspecified atom stereocenters. The van der Waals surface area contributed by atoms with Crippen LogP contribution in [0.15, 0.2) is 48.5 Å². The number of hydrogen-bond donors (Lipinski definition) is 0. The predicted molar refractivity (Wildman–Crippen MR) is 110 cm³/mol. The monoisotopic (exact) mass is 395 g/mol. The van der Waals surface area contributed by atoms with E-state index in [0.29, 0.717) is 25.2 Å². The molecular weight excluding hydrogens is 369 g/mol. The maximum absolute atomic E-state index is 13.1. The van der Waals surface area contributed by atoms with E-state index in [9.17, 15) is 14.0 Å². The normalized spacial score (nSPS) is 17.6. The Labute approximate surface area is 170 Å². The zero-order valence-electron chi connectivity index (χ0n) is 16.5. The third kappa shape index (κ3) is 4.42. The van der Waals surface area contributed by atoms with Crippen LogP contribution >= 0.6 is 0 Å². The number of carbonyl (C=O) groups excluding carboxylic acids is 2. The highest BCUT2D eigenvalue weighted by Crippen LogP contribution is 2.24. The fourth-order valence-electron chi connectivity index (χ4n) is 4.06. The average molecular weight is 395 g/mol. The Morgan fingerprint density at radius 3 is 2.41 bits per heavy atom. The molecule has 0 aromatic heterocycles. The van der Waals surface area contributed by atoms with Crippen LogP contribution in [0.1, 0.15) is 41.6 Å². The van der Waals surface area contributed by atoms with E-state index in [1.807, 2.05) is 29.2 Å². The van der Waals surface area contributed by atoms with E-state index >= 15 is 0 Å². The molecule has 29 heavy (non-hydrogen) atoms. The van der Waals surface area contributed by atoms with Crippen LogP contribution in [-0.2, 0) is 6.54 Å². The number of piperidine rings is 1. The lowest BCUT2D eigenvalue weighted by Gasteiger charge is -2.36. The van der Waals surface area contributed by atoms with Crippen molar-refractivity contribution in [1.29, 1.82) is 0 Å². The minimum absolute atomic E-state index is 0.0409. The van der Waals surface area contributed by atoms with Gasteiger partial charge >= 0.3 is 6.03 Å². The maximum atomic E-state index is 13.1. The van der Waals surface area contributed by atoms with Gasteiger partial charge in [0.05, 0.1) is 0 Å². The van der Waals surface area contributed by atoms with E-state index < -0.39 is 0 Å². The van der Waals surface area contributed by atoms with E-state index in [0.717, 1.165) is 43.6 Å². The van der Waals surface area contributed by atoms with Crippen molar-refractivity contribution >= 4 is 17.6 Å². The van der Waals surface area contributed by atoms with Crippen molar-refractivity contribution in [3.8, 4) is 0 Å². The van der Waals surface area contributed by atoms with E-state index in [-0.39, 0.29) is 17.8 Å². The highest BCUT2D eigenvalue weighted by Gasteiger charge is 2.27. The molecule has 3 amide bonds. The van der Waals surface area contributed by atoms with Gasteiger partial charge in [-0.2, -0.15) is 0 Å². The van der Waals surface area contributed by atoms with Gasteiger partial charge in [0.25, 0.3) is 5.91 Å². The second kappa shape index (κ2) is 8.64. The second-order valence-corrected chi connectivity index (χ2v) is 7.74. The lowest BCUT2D eigenvalue weighted by molar-refractivity contribution is 0.0724. The molecule has 0 spiro atoms. The Hall–Kier alpha value is -2.89. The van der Waals surface area contributed by atoms with Gasteiger partial charge in [0.2, 0.25) is 0 Å². The first-order valence-corrected chi connectivity index (χ1v) is 10.3. The van der Waals surface area contributed by atoms with Gasteiger partial charge in [-0.15, -0.1) is 0 Å². The summed E-state index contributed by atoms with van der Waals surface area (Å²) in [6.45, 7) is 3.34. The molecule has 0 atom stereocenters. The minimum Gasteiger partial charge on any atom is -0.339 e. The summed E-state index contributed by atoms with van der Waals surface area (Å²) in [4.78, 5) is 31.3. The van der Waals surface area contributed by atoms with E-state index in [1.165, 1.54) is 18.6 Å². The van der Waals surface area contributed by atoms with Crippen molar-refractivity contribution in [2.75, 3.05) is 31.1 Å². The topological polar surface area (TPSA) is 43.9 Å². The summed E-state index contributed by atoms with van der Waals surface area (Å²) in [5.41, 5.74) is 2.28. The molecule has 0 saturated carbocycles. The van der Waals surface area contributed by atoms with Crippen LogP contribution in [0, 0.1) is 5.82 Å². The van der Waals surface area contributed by atoms with Crippen molar-refractivity contribution in [2.24, 2.45) is 0 Å². The van der Waals surface area contributed by atoms with Gasteiger partial charge in [0.1, 0.15) is 5.82 Å². The molecule has 2 saturated heterocycles. The zero-order chi connectivity index (χ0) is 20.2. The number of carbonyl (C=O) groups is 2. The molecule has 2 heterocycles. The highest BCUT2D eigenvalue weighted by atomic mass is 19.1. The van der Waals surface area contributed by atoms with Crippen LogP contribution in [0.2, 0.25) is 0 Å². The first-order valence-electron chi connectivity index (χ1n) is 10.3. The van der Waals surface area contributed by atoms with Crippen LogP contribution in [0.5, 0.6) is 0 Å². The van der Waals surface area contributed by atoms with Gasteiger partial charge in [0, 0.05) is 44.0 Å². The third-order valence-corrected chi connectivity index (χ3v) is 5.65. The summed E-state index contributed by atoms with van der Waals surface area (Å²) in [5.74, 6) is -0.241. The van der Waals surface area contributed by atoms with Crippen molar-refractivity contribution < 1.29 is 14.0 Å². The number of benzene rings is 2. The number of anilines is 1. The number of halogens is 1. The third-order valence-electron chi connectivity index (χ3n) is 5.65. The summed E-state index contributed by atoms with van der Waals surface area (Å²) in [5, 5.41) is 0. The fourth-order valence-corrected chi connectivity index (χ4v) is 4.06. The number of rotatable bonds is 4. The largest absolute Gasteiger partial charge is 0.339 e. The van der Waals surface area contributed by atoms with Crippen molar-refractivity contribution in [2.45, 2.75) is 32.2 Å². The van der Waals surface area contributed by atoms with Crippen molar-refractivity contribution in [3.05, 3.63) is 65.5 Å². The summed E-state index contributed by atoms with van der Waals surface area (Å²) < 4.78 is 13.1. The SMILES string of the molecule is O=C(c1cccc(N2CCCN(Cc3ccc(F)cc3)C2=O)c1)N1CCCCC1. The van der Waals surface area contributed by atoms with Crippen LogP contribution in [0.3, 0.4) is 0 Å². The predicted octanol–water partition coefficient (Wildman–Crippen LogP) is 4.28. The Bertz CT molecular complexity index is 878. The van der Waals surface area contributed by atoms with Gasteiger partial charge in [-0.05, 0) is 61.6 Å². The highest BCUT2D eigenvalue weighted by molar-refractivity contribution is 5.98. The quantitative estimate of drug-likeness (QED) is 0.775. The molecule has 2 aliphatic heterocycles. The molecular formula is C23H26FN3O2. The lowest BCUT2D eigenvalue weighted by Crippen LogP contribution is -2.49. The summed E-state index contributed by atoms with van der Waals surface area (Å²) in [7, 11) is 0. The van der Waals surface area contributed by atoms with Gasteiger partial charge in [0.15, 0.2) is 0 Å². The number of nitrogens with zero attached hydrogens (tertiary/aromatic N) is 3. The number of hydrogen-bond acceptors (Lipinski definition) is 2. The van der Waals surface area contributed by atoms with E-state index in [1.54, 1.807) is 21.9 Å². The molecule has 152 valence electrons. The molecule has 4 rings (SSSR count). The van der Waals surface area contributed by atoms with E-state index in [2.05, 4.69) is 0 Å². The number of amides is 3. The summed E-state index contributed by atoms with van der Waals surface area (Å²) >= 11 is 0. The second-order valence-electron chi connectivity index (χ2n) is 7.74. The summed E-state index contributed by atoms with van der Waals surface area (Å²) in [6, 6.07) is 13.5. The molecule has 2 aromatic rings. The molecule has 6 heteroatoms. The van der Waals surface area contributed by atoms with Crippen LogP contribution in [0.25, 0.3) is 0 Å². The van der Waals surface area contributed by atoms with Crippen LogP contribution < -0.4 is 4.90 Å². The van der Waals surface area contributed by atoms with Crippen LogP contribution in [-0.4, -0.2) is 47.9 Å². The number of urea groups is 1. The molecule has 0 N–H and O–H groups in total. The average Bonchev–Trinajstić information content (AvgIpc) is 2.77. The first kappa shape index (κ1) is 19.4. The number of likely N-dealkylation sites (tertiary alicyclic amines) is 1. The Morgan fingerprint density at radius 1 is 0.897 bits per heavy atom. The zero-order valence-corrected chi connectivity index (χ0v) is 16.5. The minimum atomic E-state index is -0.282. The fraction of sp³-hybridized carbons (Fsp3) is 0.391. The first-order chi connectivity index (χ1) is 14.1. The Morgan fingerprint density at radius 2 is 1.66 bits per heavy atom. The molecule has 0 radical (unpaired) electrons. The molecule has 2 aromatic carbocycles. The molecule has 0 bridgehead atoms. The maximum Gasteiger partial charge on any atom is 0.324 e. The molecule has 0 aliphatic carbocycles. The van der Waals surface area contributed by atoms with Gasteiger partial charge < -0.3 is 9.80 Å². The smallest absolute Gasteiger partial charge is 0.324 e. The van der Waals surface area contributed by atoms with E-state index in [4.69, 9.17) is 0 Å². The van der Waals surface area contributed by atoms with Gasteiger partial charge in [-0.25, -0.2) is 9.18 Å². The van der Waals surface area contributed by atoms with Gasteiger partial charge in [-0.3, -0.25) is 9.69 Å².